The van der Waals surface area contributed by atoms with E-state index in [1.807, 2.05) is 29.1 Å². The summed E-state index contributed by atoms with van der Waals surface area (Å²) in [4.78, 5) is 13.8. The lowest BCUT2D eigenvalue weighted by Crippen LogP contribution is -2.41. The van der Waals surface area contributed by atoms with Gasteiger partial charge >= 0.3 is 0 Å². The van der Waals surface area contributed by atoms with E-state index in [-0.39, 0.29) is 4.90 Å². The molecule has 0 heterocycles. The number of hydrogen-bond acceptors (Lipinski definition) is 3. The zero-order chi connectivity index (χ0) is 17.2. The van der Waals surface area contributed by atoms with Crippen LogP contribution in [0.1, 0.15) is 10.4 Å². The van der Waals surface area contributed by atoms with Crippen LogP contribution in [0.25, 0.3) is 10.8 Å². The lowest BCUT2D eigenvalue weighted by molar-refractivity contribution is 0.0945. The van der Waals surface area contributed by atoms with Crippen molar-refractivity contribution in [3.63, 3.8) is 0 Å². The van der Waals surface area contributed by atoms with E-state index in [1.54, 1.807) is 18.2 Å². The quantitative estimate of drug-likeness (QED) is 0.715. The zero-order valence-electron chi connectivity index (χ0n) is 12.4. The highest BCUT2D eigenvalue weighted by atomic mass is 32.2. The van der Waals surface area contributed by atoms with E-state index in [1.165, 1.54) is 12.1 Å². The number of halogens is 1. The topological polar surface area (TPSA) is 75.3 Å². The molecule has 7 heteroatoms. The Hall–Kier alpha value is -2.77. The maximum atomic E-state index is 13.1. The molecule has 5 nitrogen and oxygen atoms in total. The molecular weight excluding hydrogens is 331 g/mol. The van der Waals surface area contributed by atoms with E-state index < -0.39 is 21.7 Å². The molecule has 0 fully saturated rings. The Labute approximate surface area is 138 Å². The first-order valence-corrected chi connectivity index (χ1v) is 8.50. The summed E-state index contributed by atoms with van der Waals surface area (Å²) in [7, 11) is -4.05. The predicted molar refractivity (Wildman–Crippen MR) is 88.1 cm³/mol. The minimum Gasteiger partial charge on any atom is -0.273 e. The average molecular weight is 344 g/mol. The lowest BCUT2D eigenvalue weighted by Gasteiger charge is -2.09. The van der Waals surface area contributed by atoms with Crippen LogP contribution in [-0.4, -0.2) is 14.3 Å². The Balaban J connectivity index is 1.76. The molecule has 3 aromatic rings. The SMILES string of the molecule is O=C(NNS(=O)(=O)c1cccc(F)c1)c1ccc2ccccc2c1. The van der Waals surface area contributed by atoms with Gasteiger partial charge in [0.25, 0.3) is 15.9 Å². The van der Waals surface area contributed by atoms with Crippen LogP contribution >= 0.6 is 0 Å². The summed E-state index contributed by atoms with van der Waals surface area (Å²) in [6.07, 6.45) is 0. The largest absolute Gasteiger partial charge is 0.273 e. The molecule has 3 aromatic carbocycles. The van der Waals surface area contributed by atoms with Crippen LogP contribution in [0.15, 0.2) is 71.6 Å². The highest BCUT2D eigenvalue weighted by Crippen LogP contribution is 2.15. The van der Waals surface area contributed by atoms with Crippen molar-refractivity contribution in [2.45, 2.75) is 4.90 Å². The lowest BCUT2D eigenvalue weighted by atomic mass is 10.1. The number of carbonyl (C=O) groups is 1. The van der Waals surface area contributed by atoms with Gasteiger partial charge in [-0.3, -0.25) is 10.2 Å². The highest BCUT2D eigenvalue weighted by Gasteiger charge is 2.16. The van der Waals surface area contributed by atoms with Gasteiger partial charge < -0.3 is 0 Å². The standard InChI is InChI=1S/C17H13FN2O3S/c18-15-6-3-7-16(11-15)24(22,23)20-19-17(21)14-9-8-12-4-1-2-5-13(12)10-14/h1-11,20H,(H,19,21). The summed E-state index contributed by atoms with van der Waals surface area (Å²) in [6.45, 7) is 0. The first kappa shape index (κ1) is 16.1. The van der Waals surface area contributed by atoms with Gasteiger partial charge in [0.05, 0.1) is 4.90 Å². The van der Waals surface area contributed by atoms with Gasteiger partial charge in [0, 0.05) is 5.56 Å². The third kappa shape index (κ3) is 3.42. The average Bonchev–Trinajstić information content (AvgIpc) is 2.59. The Morgan fingerprint density at radius 3 is 2.38 bits per heavy atom. The van der Waals surface area contributed by atoms with Gasteiger partial charge in [-0.1, -0.05) is 36.4 Å². The molecule has 0 atom stereocenters. The Morgan fingerprint density at radius 1 is 0.875 bits per heavy atom. The maximum Gasteiger partial charge on any atom is 0.266 e. The Kier molecular flexibility index (Phi) is 4.28. The highest BCUT2D eigenvalue weighted by molar-refractivity contribution is 7.89. The van der Waals surface area contributed by atoms with Gasteiger partial charge in [-0.2, -0.15) is 0 Å². The predicted octanol–water partition coefficient (Wildman–Crippen LogP) is 2.60. The number of nitrogens with one attached hydrogen (secondary N) is 2. The molecule has 0 aromatic heterocycles. The molecule has 0 bridgehead atoms. The van der Waals surface area contributed by atoms with E-state index in [2.05, 4.69) is 5.43 Å². The monoisotopic (exact) mass is 344 g/mol. The summed E-state index contributed by atoms with van der Waals surface area (Å²) in [5, 5.41) is 1.83. The summed E-state index contributed by atoms with van der Waals surface area (Å²) in [5.41, 5.74) is 2.42. The van der Waals surface area contributed by atoms with Crippen molar-refractivity contribution in [2.24, 2.45) is 0 Å². The second kappa shape index (κ2) is 6.38. The second-order valence-electron chi connectivity index (χ2n) is 5.08. The van der Waals surface area contributed by atoms with Gasteiger partial charge in [-0.25, -0.2) is 12.8 Å². The van der Waals surface area contributed by atoms with Crippen LogP contribution in [0.3, 0.4) is 0 Å². The third-order valence-corrected chi connectivity index (χ3v) is 4.66. The molecule has 122 valence electrons. The summed E-state index contributed by atoms with van der Waals surface area (Å²) < 4.78 is 37.2. The smallest absolute Gasteiger partial charge is 0.266 e. The molecule has 0 aliphatic rings. The van der Waals surface area contributed by atoms with E-state index >= 15 is 0 Å². The fourth-order valence-electron chi connectivity index (χ4n) is 2.21. The van der Waals surface area contributed by atoms with E-state index in [0.29, 0.717) is 5.56 Å². The third-order valence-electron chi connectivity index (χ3n) is 3.42. The van der Waals surface area contributed by atoms with Crippen LogP contribution in [0.5, 0.6) is 0 Å². The molecule has 2 N–H and O–H groups in total. The van der Waals surface area contributed by atoms with Crippen molar-refractivity contribution in [1.82, 2.24) is 10.3 Å². The van der Waals surface area contributed by atoms with Gasteiger partial charge in [0.1, 0.15) is 5.82 Å². The van der Waals surface area contributed by atoms with Gasteiger partial charge in [-0.15, -0.1) is 4.83 Å². The first-order chi connectivity index (χ1) is 11.5. The Bertz CT molecular complexity index is 1020. The van der Waals surface area contributed by atoms with Gasteiger partial charge in [-0.05, 0) is 41.1 Å². The molecule has 0 saturated heterocycles. The molecule has 0 aliphatic heterocycles. The molecule has 1 amide bonds. The van der Waals surface area contributed by atoms with E-state index in [0.717, 1.165) is 22.9 Å². The van der Waals surface area contributed by atoms with Crippen LogP contribution in [-0.2, 0) is 10.0 Å². The summed E-state index contributed by atoms with van der Waals surface area (Å²) in [6, 6.07) is 17.0. The van der Waals surface area contributed by atoms with Crippen molar-refractivity contribution in [1.29, 1.82) is 0 Å². The number of amides is 1. The summed E-state index contributed by atoms with van der Waals surface area (Å²) >= 11 is 0. The van der Waals surface area contributed by atoms with Gasteiger partial charge in [0.2, 0.25) is 0 Å². The number of hydrogen-bond donors (Lipinski definition) is 2. The van der Waals surface area contributed by atoms with Crippen molar-refractivity contribution in [2.75, 3.05) is 0 Å². The van der Waals surface area contributed by atoms with Crippen molar-refractivity contribution in [3.05, 3.63) is 78.1 Å². The van der Waals surface area contributed by atoms with Crippen LogP contribution in [0.2, 0.25) is 0 Å². The molecule has 0 saturated carbocycles. The van der Waals surface area contributed by atoms with Crippen molar-refractivity contribution >= 4 is 26.7 Å². The van der Waals surface area contributed by atoms with Crippen LogP contribution in [0.4, 0.5) is 4.39 Å². The van der Waals surface area contributed by atoms with Crippen LogP contribution < -0.4 is 10.3 Å². The molecule has 24 heavy (non-hydrogen) atoms. The molecule has 0 radical (unpaired) electrons. The first-order valence-electron chi connectivity index (χ1n) is 7.02. The minimum atomic E-state index is -4.05. The van der Waals surface area contributed by atoms with E-state index in [9.17, 15) is 17.6 Å². The molecule has 0 spiro atoms. The van der Waals surface area contributed by atoms with Crippen molar-refractivity contribution in [3.8, 4) is 0 Å². The normalized spacial score (nSPS) is 11.4. The van der Waals surface area contributed by atoms with Crippen molar-refractivity contribution < 1.29 is 17.6 Å². The number of benzene rings is 3. The molecular formula is C17H13FN2O3S. The minimum absolute atomic E-state index is 0.277. The molecule has 0 unspecified atom stereocenters. The maximum absolute atomic E-state index is 13.1. The van der Waals surface area contributed by atoms with E-state index in [4.69, 9.17) is 0 Å². The second-order valence-corrected chi connectivity index (χ2v) is 6.76. The number of carbonyl (C=O) groups excluding carboxylic acids is 1. The molecule has 3 rings (SSSR count). The van der Waals surface area contributed by atoms with Gasteiger partial charge in [0.15, 0.2) is 0 Å². The number of sulfonamides is 1. The zero-order valence-corrected chi connectivity index (χ0v) is 13.2. The van der Waals surface area contributed by atoms with Crippen LogP contribution in [0, 0.1) is 5.82 Å². The molecule has 0 aliphatic carbocycles. The fraction of sp³-hybridized carbons (Fsp3) is 0. The fourth-order valence-corrected chi connectivity index (χ4v) is 3.08. The number of fused-ring (bicyclic) bond motifs is 1. The number of rotatable bonds is 4. The summed E-state index contributed by atoms with van der Waals surface area (Å²) in [5.74, 6) is -1.29. The number of hydrazine groups is 1. The Morgan fingerprint density at radius 2 is 1.62 bits per heavy atom.